The maximum atomic E-state index is 10.8. The number of nitrogens with one attached hydrogen (secondary N) is 1. The first-order chi connectivity index (χ1) is 12.7. The maximum absolute atomic E-state index is 10.8. The van der Waals surface area contributed by atoms with Crippen LogP contribution in [0.15, 0.2) is 34.7 Å². The van der Waals surface area contributed by atoms with Crippen molar-refractivity contribution in [3.8, 4) is 11.3 Å². The van der Waals surface area contributed by atoms with Gasteiger partial charge < -0.3 is 0 Å². The van der Waals surface area contributed by atoms with Crippen LogP contribution in [0.2, 0.25) is 0 Å². The van der Waals surface area contributed by atoms with Crippen LogP contribution in [0, 0.1) is 33.8 Å². The fraction of sp³-hybridized carbons (Fsp3) is 0.474. The molecule has 0 amide bonds. The number of hydrazone groups is 1. The molecule has 4 fully saturated rings. The summed E-state index contributed by atoms with van der Waals surface area (Å²) in [5, 5.41) is 18.3. The molecule has 1 aromatic carbocycles. The van der Waals surface area contributed by atoms with E-state index in [-0.39, 0.29) is 10.6 Å². The van der Waals surface area contributed by atoms with Crippen molar-refractivity contribution in [3.63, 3.8) is 0 Å². The van der Waals surface area contributed by atoms with Gasteiger partial charge in [-0.15, -0.1) is 11.3 Å². The number of thiazole rings is 1. The molecule has 0 spiro atoms. The van der Waals surface area contributed by atoms with Crippen molar-refractivity contribution in [2.24, 2.45) is 28.8 Å². The van der Waals surface area contributed by atoms with E-state index in [4.69, 9.17) is 5.10 Å². The number of anilines is 1. The van der Waals surface area contributed by atoms with Crippen molar-refractivity contribution in [1.29, 1.82) is 0 Å². The minimum absolute atomic E-state index is 0.0932. The zero-order valence-corrected chi connectivity index (χ0v) is 15.1. The van der Waals surface area contributed by atoms with Gasteiger partial charge in [-0.1, -0.05) is 0 Å². The molecule has 6 rings (SSSR count). The molecule has 7 heteroatoms. The predicted octanol–water partition coefficient (Wildman–Crippen LogP) is 4.94. The predicted molar refractivity (Wildman–Crippen MR) is 102 cm³/mol. The third-order valence-electron chi connectivity index (χ3n) is 6.13. The van der Waals surface area contributed by atoms with E-state index in [1.54, 1.807) is 12.1 Å². The van der Waals surface area contributed by atoms with Gasteiger partial charge in [0.15, 0.2) is 0 Å². The van der Waals surface area contributed by atoms with Crippen molar-refractivity contribution in [2.45, 2.75) is 32.1 Å². The SMILES string of the molecule is O=[N+]([O-])c1ccc(-c2csc(NN=C3C4CC5CC(C4)CC3C5)n2)cc1. The highest BCUT2D eigenvalue weighted by Gasteiger charge is 2.46. The summed E-state index contributed by atoms with van der Waals surface area (Å²) in [4.78, 5) is 15.0. The zero-order chi connectivity index (χ0) is 17.7. The van der Waals surface area contributed by atoms with Gasteiger partial charge in [0.2, 0.25) is 5.13 Å². The summed E-state index contributed by atoms with van der Waals surface area (Å²) in [6.07, 6.45) is 6.72. The van der Waals surface area contributed by atoms with Gasteiger partial charge in [-0.05, 0) is 67.9 Å². The van der Waals surface area contributed by atoms with Crippen molar-refractivity contribution in [3.05, 3.63) is 39.8 Å². The molecule has 26 heavy (non-hydrogen) atoms. The largest absolute Gasteiger partial charge is 0.269 e. The third-order valence-corrected chi connectivity index (χ3v) is 6.88. The monoisotopic (exact) mass is 368 g/mol. The quantitative estimate of drug-likeness (QED) is 0.612. The van der Waals surface area contributed by atoms with E-state index in [1.165, 1.54) is 61.3 Å². The standard InChI is InChI=1S/C19H20N4O2S/c24-23(25)16-3-1-13(2-4-16)17-10-26-19(20-17)22-21-18-14-6-11-5-12(8-14)9-15(18)7-11/h1-4,10-12,14-15H,5-9H2,(H,20,22). The average molecular weight is 368 g/mol. The summed E-state index contributed by atoms with van der Waals surface area (Å²) < 4.78 is 0. The second-order valence-corrected chi connectivity index (χ2v) is 8.65. The number of nitro benzene ring substituents is 1. The Morgan fingerprint density at radius 1 is 1.08 bits per heavy atom. The minimum Gasteiger partial charge on any atom is -0.258 e. The van der Waals surface area contributed by atoms with Crippen LogP contribution in [0.3, 0.4) is 0 Å². The molecule has 2 aromatic rings. The Kier molecular flexibility index (Phi) is 3.77. The molecule has 4 aliphatic rings. The summed E-state index contributed by atoms with van der Waals surface area (Å²) in [5.74, 6) is 3.22. The van der Waals surface area contributed by atoms with Gasteiger partial charge >= 0.3 is 0 Å². The molecular formula is C19H20N4O2S. The Bertz CT molecular complexity index is 844. The zero-order valence-electron chi connectivity index (χ0n) is 14.3. The molecule has 1 heterocycles. The molecule has 0 aliphatic heterocycles. The lowest BCUT2D eigenvalue weighted by Gasteiger charge is -2.50. The number of benzene rings is 1. The van der Waals surface area contributed by atoms with Crippen LogP contribution in [-0.4, -0.2) is 15.6 Å². The molecule has 1 aromatic heterocycles. The van der Waals surface area contributed by atoms with Gasteiger partial charge in [0, 0.05) is 28.8 Å². The van der Waals surface area contributed by atoms with Crippen molar-refractivity contribution < 1.29 is 4.92 Å². The number of nitrogens with zero attached hydrogens (tertiary/aromatic N) is 3. The fourth-order valence-electron chi connectivity index (χ4n) is 5.17. The van der Waals surface area contributed by atoms with Crippen LogP contribution in [0.25, 0.3) is 11.3 Å². The molecule has 4 aliphatic carbocycles. The highest BCUT2D eigenvalue weighted by molar-refractivity contribution is 7.14. The lowest BCUT2D eigenvalue weighted by atomic mass is 9.55. The van der Waals surface area contributed by atoms with Crippen LogP contribution >= 0.6 is 11.3 Å². The van der Waals surface area contributed by atoms with Crippen molar-refractivity contribution >= 4 is 27.9 Å². The van der Waals surface area contributed by atoms with E-state index in [2.05, 4.69) is 10.4 Å². The van der Waals surface area contributed by atoms with Crippen LogP contribution in [0.4, 0.5) is 10.8 Å². The number of hydrogen-bond donors (Lipinski definition) is 1. The molecule has 0 saturated heterocycles. The molecule has 0 radical (unpaired) electrons. The summed E-state index contributed by atoms with van der Waals surface area (Å²) in [7, 11) is 0. The lowest BCUT2D eigenvalue weighted by molar-refractivity contribution is -0.384. The normalized spacial score (nSPS) is 29.0. The second-order valence-electron chi connectivity index (χ2n) is 7.79. The molecule has 134 valence electrons. The van der Waals surface area contributed by atoms with Crippen molar-refractivity contribution in [1.82, 2.24) is 4.98 Å². The van der Waals surface area contributed by atoms with Gasteiger partial charge in [0.05, 0.1) is 10.6 Å². The number of rotatable bonds is 4. The molecule has 0 atom stereocenters. The van der Waals surface area contributed by atoms with Gasteiger partial charge in [-0.3, -0.25) is 15.5 Å². The van der Waals surface area contributed by atoms with Crippen LogP contribution in [0.1, 0.15) is 32.1 Å². The first kappa shape index (κ1) is 15.9. The first-order valence-electron chi connectivity index (χ1n) is 9.19. The third kappa shape index (κ3) is 2.80. The van der Waals surface area contributed by atoms with Crippen LogP contribution in [0.5, 0.6) is 0 Å². The van der Waals surface area contributed by atoms with Gasteiger partial charge in [-0.25, -0.2) is 4.98 Å². The van der Waals surface area contributed by atoms with Crippen LogP contribution < -0.4 is 5.43 Å². The number of non-ortho nitro benzene ring substituents is 1. The number of hydrogen-bond acceptors (Lipinski definition) is 6. The molecule has 0 unspecified atom stereocenters. The fourth-order valence-corrected chi connectivity index (χ4v) is 5.83. The molecular weight excluding hydrogens is 348 g/mol. The van der Waals surface area contributed by atoms with E-state index in [1.807, 2.05) is 5.38 Å². The van der Waals surface area contributed by atoms with Gasteiger partial charge in [0.1, 0.15) is 0 Å². The highest BCUT2D eigenvalue weighted by Crippen LogP contribution is 2.52. The average Bonchev–Trinajstić information content (AvgIpc) is 3.09. The van der Waals surface area contributed by atoms with E-state index in [9.17, 15) is 10.1 Å². The van der Waals surface area contributed by atoms with E-state index >= 15 is 0 Å². The highest BCUT2D eigenvalue weighted by atomic mass is 32.1. The van der Waals surface area contributed by atoms with E-state index in [0.717, 1.165) is 28.2 Å². The Labute approximate surface area is 155 Å². The molecule has 4 bridgehead atoms. The molecule has 6 nitrogen and oxygen atoms in total. The summed E-state index contributed by atoms with van der Waals surface area (Å²) >= 11 is 1.52. The minimum atomic E-state index is -0.390. The van der Waals surface area contributed by atoms with Gasteiger partial charge in [-0.2, -0.15) is 5.10 Å². The summed E-state index contributed by atoms with van der Waals surface area (Å²) in [5.41, 5.74) is 6.33. The summed E-state index contributed by atoms with van der Waals surface area (Å²) in [6, 6.07) is 6.49. The lowest BCUT2D eigenvalue weighted by Crippen LogP contribution is -2.45. The topological polar surface area (TPSA) is 80.4 Å². The van der Waals surface area contributed by atoms with Crippen molar-refractivity contribution in [2.75, 3.05) is 5.43 Å². The van der Waals surface area contributed by atoms with Gasteiger partial charge in [0.25, 0.3) is 5.69 Å². The Balaban J connectivity index is 1.31. The summed E-state index contributed by atoms with van der Waals surface area (Å²) in [6.45, 7) is 0. The van der Waals surface area contributed by atoms with Crippen LogP contribution in [-0.2, 0) is 0 Å². The Morgan fingerprint density at radius 2 is 1.73 bits per heavy atom. The molecule has 1 N–H and O–H groups in total. The molecule has 4 saturated carbocycles. The number of aromatic nitrogens is 1. The first-order valence-corrected chi connectivity index (χ1v) is 10.1. The smallest absolute Gasteiger partial charge is 0.258 e. The Morgan fingerprint density at radius 3 is 2.35 bits per heavy atom. The number of nitro groups is 1. The van der Waals surface area contributed by atoms with E-state index in [0.29, 0.717) is 11.8 Å². The Hall–Kier alpha value is -2.28. The second kappa shape index (κ2) is 6.16. The van der Waals surface area contributed by atoms with E-state index < -0.39 is 0 Å². The maximum Gasteiger partial charge on any atom is 0.269 e.